The molecule has 0 atom stereocenters. The van der Waals surface area contributed by atoms with Crippen LogP contribution >= 0.6 is 0 Å². The molecule has 3 N–H and O–H groups in total. The maximum absolute atomic E-state index is 12.2. The molecule has 2 amide bonds. The van der Waals surface area contributed by atoms with Crippen molar-refractivity contribution in [1.82, 2.24) is 30.8 Å². The van der Waals surface area contributed by atoms with Gasteiger partial charge in [-0.15, -0.1) is 0 Å². The lowest BCUT2D eigenvalue weighted by atomic mass is 10.3. The molecular formula is C18H20N6O4. The predicted molar refractivity (Wildman–Crippen MR) is 97.5 cm³/mol. The van der Waals surface area contributed by atoms with Crippen molar-refractivity contribution < 1.29 is 19.2 Å². The van der Waals surface area contributed by atoms with Crippen LogP contribution in [0.2, 0.25) is 0 Å². The normalized spacial score (nSPS) is 10.6. The number of aromatic hydroxyl groups is 1. The molecule has 0 spiro atoms. The molecule has 0 aliphatic heterocycles. The molecule has 10 heteroatoms. The first-order valence-electron chi connectivity index (χ1n) is 8.81. The third-order valence-electron chi connectivity index (χ3n) is 3.80. The van der Waals surface area contributed by atoms with Crippen molar-refractivity contribution in [1.29, 1.82) is 0 Å². The summed E-state index contributed by atoms with van der Waals surface area (Å²) >= 11 is 0. The molecule has 146 valence electrons. The van der Waals surface area contributed by atoms with Gasteiger partial charge in [0.05, 0.1) is 11.9 Å². The maximum atomic E-state index is 12.2. The summed E-state index contributed by atoms with van der Waals surface area (Å²) in [5.74, 6) is -0.501. The van der Waals surface area contributed by atoms with Crippen LogP contribution in [0, 0.1) is 0 Å². The molecule has 0 radical (unpaired) electrons. The van der Waals surface area contributed by atoms with Gasteiger partial charge in [-0.25, -0.2) is 4.68 Å². The lowest BCUT2D eigenvalue weighted by Crippen LogP contribution is -2.42. The number of aryl methyl sites for hydroxylation is 2. The summed E-state index contributed by atoms with van der Waals surface area (Å²) in [6.07, 6.45) is 3.24. The van der Waals surface area contributed by atoms with Gasteiger partial charge in [0.25, 0.3) is 5.91 Å². The van der Waals surface area contributed by atoms with E-state index in [1.165, 1.54) is 10.9 Å². The second-order valence-electron chi connectivity index (χ2n) is 6.00. The number of hydrogen-bond acceptors (Lipinski definition) is 7. The monoisotopic (exact) mass is 384 g/mol. The lowest BCUT2D eigenvalue weighted by Gasteiger charge is -2.05. The molecule has 0 aliphatic carbocycles. The highest BCUT2D eigenvalue weighted by Gasteiger charge is 2.18. The number of hydrogen-bond donors (Lipinski definition) is 3. The molecule has 10 nitrogen and oxygen atoms in total. The van der Waals surface area contributed by atoms with Crippen LogP contribution in [0.4, 0.5) is 0 Å². The molecule has 1 aromatic carbocycles. The second kappa shape index (κ2) is 8.80. The summed E-state index contributed by atoms with van der Waals surface area (Å²) in [5, 5.41) is 17.8. The van der Waals surface area contributed by atoms with Gasteiger partial charge in [-0.1, -0.05) is 30.3 Å². The first-order chi connectivity index (χ1) is 13.6. The summed E-state index contributed by atoms with van der Waals surface area (Å²) in [7, 11) is 0. The number of rotatable bonds is 7. The van der Waals surface area contributed by atoms with Crippen LogP contribution < -0.4 is 10.9 Å². The second-order valence-corrected chi connectivity index (χ2v) is 6.00. The topological polar surface area (TPSA) is 135 Å². The Kier molecular flexibility index (Phi) is 6.00. The largest absolute Gasteiger partial charge is 0.504 e. The molecule has 28 heavy (non-hydrogen) atoms. The van der Waals surface area contributed by atoms with Crippen molar-refractivity contribution in [3.63, 3.8) is 0 Å². The molecule has 0 saturated heterocycles. The third-order valence-corrected chi connectivity index (χ3v) is 3.80. The number of benzene rings is 1. The highest BCUT2D eigenvalue weighted by atomic mass is 16.5. The predicted octanol–water partition coefficient (Wildman–Crippen LogP) is 1.31. The zero-order chi connectivity index (χ0) is 19.9. The van der Waals surface area contributed by atoms with Crippen LogP contribution in [-0.2, 0) is 17.6 Å². The summed E-state index contributed by atoms with van der Waals surface area (Å²) in [6, 6.07) is 9.01. The zero-order valence-corrected chi connectivity index (χ0v) is 15.3. The van der Waals surface area contributed by atoms with Crippen molar-refractivity contribution in [3.8, 4) is 11.4 Å². The Morgan fingerprint density at radius 3 is 2.71 bits per heavy atom. The quantitative estimate of drug-likeness (QED) is 0.523. The minimum atomic E-state index is -0.733. The Morgan fingerprint density at radius 1 is 1.18 bits per heavy atom. The van der Waals surface area contributed by atoms with Crippen molar-refractivity contribution >= 4 is 11.8 Å². The van der Waals surface area contributed by atoms with Crippen molar-refractivity contribution in [3.05, 3.63) is 53.9 Å². The summed E-state index contributed by atoms with van der Waals surface area (Å²) in [6.45, 7) is 2.01. The molecule has 2 aromatic heterocycles. The van der Waals surface area contributed by atoms with Crippen LogP contribution in [0.15, 0.2) is 41.1 Å². The number of amides is 2. The van der Waals surface area contributed by atoms with Gasteiger partial charge in [-0.2, -0.15) is 10.1 Å². The average Bonchev–Trinajstić information content (AvgIpc) is 3.32. The van der Waals surface area contributed by atoms with E-state index in [1.54, 1.807) is 12.1 Å². The Hall–Kier alpha value is -3.69. The van der Waals surface area contributed by atoms with Crippen molar-refractivity contribution in [2.45, 2.75) is 32.6 Å². The molecule has 0 unspecified atom stereocenters. The summed E-state index contributed by atoms with van der Waals surface area (Å²) < 4.78 is 6.42. The molecular weight excluding hydrogens is 364 g/mol. The Labute approximate surface area is 160 Å². The van der Waals surface area contributed by atoms with Gasteiger partial charge in [0.15, 0.2) is 17.3 Å². The number of nitrogens with one attached hydrogen (secondary N) is 2. The first-order valence-corrected chi connectivity index (χ1v) is 8.81. The fourth-order valence-corrected chi connectivity index (χ4v) is 2.43. The van der Waals surface area contributed by atoms with Crippen LogP contribution in [0.3, 0.4) is 0 Å². The fraction of sp³-hybridized carbons (Fsp3) is 0.278. The summed E-state index contributed by atoms with van der Waals surface area (Å²) in [4.78, 5) is 28.2. The van der Waals surface area contributed by atoms with Crippen molar-refractivity contribution in [2.75, 3.05) is 0 Å². The fourth-order valence-electron chi connectivity index (χ4n) is 2.43. The van der Waals surface area contributed by atoms with Gasteiger partial charge in [0.2, 0.25) is 11.8 Å². The molecule has 3 rings (SSSR count). The molecule has 2 heterocycles. The average molecular weight is 384 g/mol. The lowest BCUT2D eigenvalue weighted by molar-refractivity contribution is -0.121. The minimum Gasteiger partial charge on any atom is -0.504 e. The molecule has 0 bridgehead atoms. The van der Waals surface area contributed by atoms with Gasteiger partial charge in [-0.3, -0.25) is 20.4 Å². The van der Waals surface area contributed by atoms with Crippen LogP contribution in [-0.4, -0.2) is 36.8 Å². The minimum absolute atomic E-state index is 0.0540. The smallest absolute Gasteiger partial charge is 0.294 e. The number of carbonyl (C=O) groups excluding carboxylic acids is 2. The van der Waals surface area contributed by atoms with E-state index in [0.717, 1.165) is 6.42 Å². The molecule has 3 aromatic rings. The Morgan fingerprint density at radius 2 is 1.96 bits per heavy atom. The van der Waals surface area contributed by atoms with Gasteiger partial charge in [0.1, 0.15) is 0 Å². The van der Waals surface area contributed by atoms with Gasteiger partial charge >= 0.3 is 0 Å². The maximum Gasteiger partial charge on any atom is 0.294 e. The van der Waals surface area contributed by atoms with Gasteiger partial charge < -0.3 is 9.63 Å². The van der Waals surface area contributed by atoms with E-state index in [9.17, 15) is 14.7 Å². The molecule has 0 fully saturated rings. The van der Waals surface area contributed by atoms with E-state index in [0.29, 0.717) is 23.8 Å². The third kappa shape index (κ3) is 4.72. The van der Waals surface area contributed by atoms with Gasteiger partial charge in [0, 0.05) is 19.3 Å². The van der Waals surface area contributed by atoms with Crippen molar-refractivity contribution in [2.24, 2.45) is 0 Å². The number of hydrazine groups is 1. The van der Waals surface area contributed by atoms with E-state index in [1.807, 2.05) is 25.1 Å². The van der Waals surface area contributed by atoms with E-state index >= 15 is 0 Å². The summed E-state index contributed by atoms with van der Waals surface area (Å²) in [5.41, 5.74) is 4.98. The number of carbonyl (C=O) groups is 2. The van der Waals surface area contributed by atoms with E-state index in [2.05, 4.69) is 26.1 Å². The van der Waals surface area contributed by atoms with E-state index in [-0.39, 0.29) is 24.3 Å². The highest BCUT2D eigenvalue weighted by Crippen LogP contribution is 2.17. The first kappa shape index (κ1) is 19.1. The van der Waals surface area contributed by atoms with Crippen LogP contribution in [0.25, 0.3) is 5.69 Å². The molecule has 0 aliphatic rings. The van der Waals surface area contributed by atoms with E-state index in [4.69, 9.17) is 4.52 Å². The van der Waals surface area contributed by atoms with Crippen LogP contribution in [0.1, 0.15) is 42.0 Å². The SMILES string of the molecule is CCCc1noc(CCC(=O)NNC(=O)c2nn(-c3ccccc3)cc2O)n1. The number of para-hydroxylation sites is 1. The van der Waals surface area contributed by atoms with Crippen LogP contribution in [0.5, 0.6) is 5.75 Å². The number of nitrogens with zero attached hydrogens (tertiary/aromatic N) is 4. The van der Waals surface area contributed by atoms with Gasteiger partial charge in [-0.05, 0) is 18.6 Å². The van der Waals surface area contributed by atoms with E-state index < -0.39 is 11.8 Å². The highest BCUT2D eigenvalue weighted by molar-refractivity contribution is 5.95. The Bertz CT molecular complexity index is 950. The molecule has 0 saturated carbocycles. The zero-order valence-electron chi connectivity index (χ0n) is 15.3. The Balaban J connectivity index is 1.51. The number of aromatic nitrogens is 4. The standard InChI is InChI=1S/C18H20N6O4/c1-2-6-14-19-16(28-23-14)10-9-15(26)20-21-18(27)17-13(25)11-24(22-17)12-7-4-3-5-8-12/h3-5,7-8,11,25H,2,6,9-10H2,1H3,(H,20,26)(H,21,27).